The third-order valence-electron chi connectivity index (χ3n) is 29.0. The molecule has 21 aromatic carbocycles. The van der Waals surface area contributed by atoms with Gasteiger partial charge in [-0.3, -0.25) is 0 Å². The number of hydrogen-bond acceptors (Lipinski definition) is 3. The largest absolute Gasteiger partial charge is 1.00 e. The first kappa shape index (κ1) is 88.6. The Balaban J connectivity index is 0.000000138. The number of aromatic nitrogens is 6. The molecule has 0 atom stereocenters. The Morgan fingerprint density at radius 2 is 0.441 bits per heavy atom. The number of ether oxygens (including phenoxy) is 1. The van der Waals surface area contributed by atoms with E-state index >= 15 is 8.78 Å². The monoisotopic (exact) mass is 1870 g/mol. The minimum absolute atomic E-state index is 0. The van der Waals surface area contributed by atoms with Crippen LogP contribution in [0.25, 0.3) is 232 Å². The molecule has 9 nitrogen and oxygen atoms in total. The van der Waals surface area contributed by atoms with E-state index in [1.807, 2.05) is 103 Å². The third kappa shape index (κ3) is 14.8. The zero-order valence-electron chi connectivity index (χ0n) is 80.3. The molecule has 1 saturated heterocycles. The fourth-order valence-corrected chi connectivity index (χ4v) is 22.7. The molecule has 6 aromatic heterocycles. The van der Waals surface area contributed by atoms with E-state index in [0.29, 0.717) is 11.1 Å². The van der Waals surface area contributed by atoms with Crippen LogP contribution < -0.4 is 29.6 Å². The first-order valence-electron chi connectivity index (χ1n) is 49.0. The Kier molecular flexibility index (Phi) is 22.8. The van der Waals surface area contributed by atoms with Crippen molar-refractivity contribution in [3.63, 3.8) is 0 Å². The van der Waals surface area contributed by atoms with Gasteiger partial charge in [-0.05, 0) is 177 Å². The summed E-state index contributed by atoms with van der Waals surface area (Å²) in [7, 11) is 0. The first-order valence-corrected chi connectivity index (χ1v) is 49.0. The van der Waals surface area contributed by atoms with Crippen LogP contribution in [0.5, 0.6) is 0 Å². The van der Waals surface area contributed by atoms with Gasteiger partial charge < -0.3 is 33.6 Å². The van der Waals surface area contributed by atoms with E-state index in [0.717, 1.165) is 207 Å². The van der Waals surface area contributed by atoms with Gasteiger partial charge in [0.2, 0.25) is 0 Å². The molecular weight excluding hydrogens is 1790 g/mol. The Morgan fingerprint density at radius 1 is 0.207 bits per heavy atom. The van der Waals surface area contributed by atoms with E-state index < -0.39 is 11.6 Å². The van der Waals surface area contributed by atoms with Crippen molar-refractivity contribution in [3.05, 3.63) is 507 Å². The molecule has 1 aliphatic heterocycles. The Hall–Kier alpha value is -17.8. The van der Waals surface area contributed by atoms with Crippen molar-refractivity contribution in [1.82, 2.24) is 27.4 Å². The minimum atomic E-state index is -0.786. The summed E-state index contributed by atoms with van der Waals surface area (Å²) in [5, 5.41) is 36.2. The van der Waals surface area contributed by atoms with E-state index in [1.54, 1.807) is 33.4 Å². The van der Waals surface area contributed by atoms with Gasteiger partial charge in [-0.2, -0.15) is 10.5 Å². The number of para-hydroxylation sites is 10. The predicted octanol–water partition coefficient (Wildman–Crippen LogP) is 31.5. The van der Waals surface area contributed by atoms with Crippen LogP contribution in [0.2, 0.25) is 0 Å². The maximum atomic E-state index is 17.1. The standard InChI is InChI=1S/C73H45N5.C37H21F2N3.C19H14.C4H8O.Na.H/c74-46-60-70(75-61-34-16-10-28-52(61)53-29-11-17-35-62(53)75)72(77-65-38-20-14-32-56(65)58-44-50(40-42-67(58)77)47-22-4-1-5-23-47)69(49-26-8-3-9-27-49)73(71(60)76-63-36-18-12-30-54(63)55-31-13-19-37-64(55)76)78-66-39-21-15-33-57(66)59-45-51(41-43-68(59)78)48-24-6-2-7-25-48;38-34-33(23-12-2-1-3-13-23)35(39)37(42-31-20-10-6-16-26(31)27-17-7-11-21-32(27)42)28(22-40)36(34)41-29-18-8-4-14-24(29)25-15-5-9-19-30(25)41;1-2-6-14(7-3-1)15-10-11-17-12-16-8-4-5-9-18(16)19(17)13-15;1-2-4-5-3-1;;/h1-45H;1-21H;1-11,13H,12H2;1-4H2;;/q;;;;+1;-1. The maximum absolute atomic E-state index is 17.1. The van der Waals surface area contributed by atoms with E-state index in [2.05, 4.69) is 376 Å². The van der Waals surface area contributed by atoms with Gasteiger partial charge in [0.05, 0.1) is 94.5 Å². The first-order chi connectivity index (χ1) is 71.3. The molecule has 12 heteroatoms. The van der Waals surface area contributed by atoms with E-state index in [9.17, 15) is 10.5 Å². The van der Waals surface area contributed by atoms with Gasteiger partial charge in [0, 0.05) is 83.4 Å². The summed E-state index contributed by atoms with van der Waals surface area (Å²) in [4.78, 5) is 0. The van der Waals surface area contributed by atoms with Gasteiger partial charge in [-0.25, -0.2) is 8.78 Å². The van der Waals surface area contributed by atoms with Gasteiger partial charge in [0.1, 0.15) is 34.6 Å². The van der Waals surface area contributed by atoms with E-state index in [-0.39, 0.29) is 53.5 Å². The van der Waals surface area contributed by atoms with Gasteiger partial charge in [-0.15, -0.1) is 0 Å². The van der Waals surface area contributed by atoms with Crippen LogP contribution in [-0.4, -0.2) is 40.6 Å². The summed E-state index contributed by atoms with van der Waals surface area (Å²) in [5.41, 5.74) is 30.0. The van der Waals surface area contributed by atoms with Gasteiger partial charge in [0.15, 0.2) is 11.6 Å². The topological polar surface area (TPSA) is 86.4 Å². The van der Waals surface area contributed by atoms with Gasteiger partial charge in [0.25, 0.3) is 0 Å². The van der Waals surface area contributed by atoms with Crippen molar-refractivity contribution in [2.45, 2.75) is 19.3 Å². The van der Waals surface area contributed by atoms with Crippen LogP contribution in [-0.2, 0) is 11.2 Å². The fraction of sp³-hybridized carbons (Fsp3) is 0.0376. The second kappa shape index (κ2) is 37.3. The van der Waals surface area contributed by atoms with Crippen molar-refractivity contribution >= 4 is 131 Å². The van der Waals surface area contributed by atoms with Crippen LogP contribution >= 0.6 is 0 Å². The van der Waals surface area contributed by atoms with Gasteiger partial charge >= 0.3 is 29.6 Å². The van der Waals surface area contributed by atoms with Gasteiger partial charge in [-0.1, -0.05) is 382 Å². The molecule has 2 aliphatic rings. The summed E-state index contributed by atoms with van der Waals surface area (Å²) in [6.07, 6.45) is 3.63. The number of rotatable bonds is 11. The molecular formula is C133H89F2N8NaO. The molecule has 0 unspecified atom stereocenters. The molecule has 29 rings (SSSR count). The summed E-state index contributed by atoms with van der Waals surface area (Å²) in [5.74, 6) is -1.57. The molecule has 682 valence electrons. The van der Waals surface area contributed by atoms with Crippen molar-refractivity contribution in [2.24, 2.45) is 0 Å². The number of benzene rings is 21. The summed E-state index contributed by atoms with van der Waals surface area (Å²) in [6.45, 7) is 2.00. The normalized spacial score (nSPS) is 12.1. The predicted molar refractivity (Wildman–Crippen MR) is 591 cm³/mol. The molecule has 0 bridgehead atoms. The molecule has 7 heterocycles. The number of hydrogen-bond donors (Lipinski definition) is 0. The van der Waals surface area contributed by atoms with Crippen molar-refractivity contribution in [3.8, 4) is 113 Å². The Morgan fingerprint density at radius 3 is 0.752 bits per heavy atom. The molecule has 0 radical (unpaired) electrons. The average molecular weight is 1880 g/mol. The number of nitriles is 2. The summed E-state index contributed by atoms with van der Waals surface area (Å²) in [6, 6.07) is 169. The summed E-state index contributed by atoms with van der Waals surface area (Å²) < 4.78 is 52.4. The molecule has 0 spiro atoms. The molecule has 0 amide bonds. The fourth-order valence-electron chi connectivity index (χ4n) is 22.7. The zero-order valence-corrected chi connectivity index (χ0v) is 81.3. The second-order valence-corrected chi connectivity index (χ2v) is 36.9. The van der Waals surface area contributed by atoms with E-state index in [4.69, 9.17) is 4.74 Å². The van der Waals surface area contributed by atoms with Crippen LogP contribution in [0.4, 0.5) is 8.78 Å². The SMILES string of the molecule is C1CCOC1.N#Cc1c(-n2c3ccccc3c3ccccc32)c(-n2c3ccccc3c3cc(-c4ccccc4)ccc32)c(-c2ccccc2)c(-n2c3ccccc3c3cc(-c4ccccc4)ccc32)c1-n1c2ccccc2c2ccccc21.N#Cc1c(-n2c3ccccc3c3ccccc32)c(F)c(-c2ccccc2)c(F)c1-n1c2ccccc2c2ccccc21.[H-].[Na+].c1ccc(-c2ccc3c(c2)-c2ccccc2C3)cc1. The number of nitrogens with zero attached hydrogens (tertiary/aromatic N) is 8. The zero-order chi connectivity index (χ0) is 96.0. The van der Waals surface area contributed by atoms with Crippen molar-refractivity contribution < 1.29 is 44.5 Å². The van der Waals surface area contributed by atoms with Crippen molar-refractivity contribution in [2.75, 3.05) is 13.2 Å². The number of fused-ring (bicyclic) bond motifs is 21. The quantitative estimate of drug-likeness (QED) is 0.121. The second-order valence-electron chi connectivity index (χ2n) is 36.9. The Labute approximate surface area is 859 Å². The smallest absolute Gasteiger partial charge is 1.00 e. The average Bonchev–Trinajstić information content (AvgIpc) is 1.50. The Bertz CT molecular complexity index is 9260. The molecule has 1 aliphatic carbocycles. The summed E-state index contributed by atoms with van der Waals surface area (Å²) >= 11 is 0. The van der Waals surface area contributed by atoms with Crippen LogP contribution in [0, 0.1) is 34.3 Å². The third-order valence-corrected chi connectivity index (χ3v) is 29.0. The van der Waals surface area contributed by atoms with Crippen LogP contribution in [0.15, 0.2) is 473 Å². The van der Waals surface area contributed by atoms with Crippen LogP contribution in [0.3, 0.4) is 0 Å². The molecule has 27 aromatic rings. The number of halogens is 2. The van der Waals surface area contributed by atoms with Crippen LogP contribution in [0.1, 0.15) is 36.5 Å². The molecule has 1 fully saturated rings. The van der Waals surface area contributed by atoms with Crippen molar-refractivity contribution in [1.29, 1.82) is 10.5 Å². The maximum Gasteiger partial charge on any atom is 1.00 e. The molecule has 145 heavy (non-hydrogen) atoms. The molecule has 0 saturated carbocycles. The minimum Gasteiger partial charge on any atom is -1.00 e. The molecule has 0 N–H and O–H groups in total. The van der Waals surface area contributed by atoms with E-state index in [1.165, 1.54) is 46.2 Å².